The van der Waals surface area contributed by atoms with E-state index in [0.717, 1.165) is 67.1 Å². The van der Waals surface area contributed by atoms with E-state index in [1.165, 1.54) is 0 Å². The lowest BCUT2D eigenvalue weighted by Gasteiger charge is -2.35. The molecule has 3 aliphatic heterocycles. The Morgan fingerprint density at radius 2 is 1.86 bits per heavy atom. The smallest absolute Gasteiger partial charge is 0.254 e. The fourth-order valence-corrected chi connectivity index (χ4v) is 5.30. The summed E-state index contributed by atoms with van der Waals surface area (Å²) in [7, 11) is 0. The van der Waals surface area contributed by atoms with Crippen molar-refractivity contribution in [3.8, 4) is 22.8 Å². The van der Waals surface area contributed by atoms with Crippen molar-refractivity contribution in [2.75, 3.05) is 52.5 Å². The third-order valence-corrected chi connectivity index (χ3v) is 7.27. The lowest BCUT2D eigenvalue weighted by atomic mass is 10.0. The van der Waals surface area contributed by atoms with E-state index >= 15 is 0 Å². The minimum Gasteiger partial charge on any atom is -0.486 e. The van der Waals surface area contributed by atoms with E-state index in [1.54, 1.807) is 6.20 Å². The predicted octanol–water partition coefficient (Wildman–Crippen LogP) is 3.39. The van der Waals surface area contributed by atoms with E-state index in [-0.39, 0.29) is 11.9 Å². The van der Waals surface area contributed by atoms with E-state index in [9.17, 15) is 4.79 Å². The van der Waals surface area contributed by atoms with Gasteiger partial charge < -0.3 is 19.1 Å². The first-order chi connectivity index (χ1) is 17.6. The maximum atomic E-state index is 13.8. The number of amides is 1. The topological polar surface area (TPSA) is 82.0 Å². The Balaban J connectivity index is 1.30. The number of benzene rings is 1. The van der Waals surface area contributed by atoms with Crippen molar-refractivity contribution in [2.45, 2.75) is 38.8 Å². The van der Waals surface area contributed by atoms with Crippen LogP contribution in [0.25, 0.3) is 22.3 Å². The molecule has 2 saturated heterocycles. The van der Waals surface area contributed by atoms with Gasteiger partial charge in [-0.25, -0.2) is 9.67 Å². The highest BCUT2D eigenvalue weighted by Gasteiger charge is 2.28. The van der Waals surface area contributed by atoms with Crippen molar-refractivity contribution in [3.63, 3.8) is 0 Å². The minimum absolute atomic E-state index is 0.0289. The first-order valence-electron chi connectivity index (χ1n) is 13.0. The maximum absolute atomic E-state index is 13.8. The minimum atomic E-state index is 0.0289. The Morgan fingerprint density at radius 3 is 2.61 bits per heavy atom. The number of rotatable bonds is 5. The standard InChI is InChI=1S/C27H33N5O4/c1-18(2)32-26-22(16-28-32)21(15-23(29-26)19-5-6-24-25(14-19)36-13-12-35-24)27(33)31-9-7-30(8-10-31)17-20-4-3-11-34-20/h5-6,14-16,18,20H,3-4,7-13,17H2,1-2H3. The van der Waals surface area contributed by atoms with Crippen LogP contribution in [-0.4, -0.2) is 89.1 Å². The van der Waals surface area contributed by atoms with Gasteiger partial charge in [0.2, 0.25) is 0 Å². The monoisotopic (exact) mass is 491 g/mol. The summed E-state index contributed by atoms with van der Waals surface area (Å²) in [5.41, 5.74) is 2.97. The second kappa shape index (κ2) is 9.71. The second-order valence-electron chi connectivity index (χ2n) is 10.1. The van der Waals surface area contributed by atoms with Crippen molar-refractivity contribution < 1.29 is 19.0 Å². The molecular formula is C27H33N5O4. The van der Waals surface area contributed by atoms with Crippen LogP contribution in [0.5, 0.6) is 11.5 Å². The molecule has 0 radical (unpaired) electrons. The van der Waals surface area contributed by atoms with Crippen molar-refractivity contribution in [1.29, 1.82) is 0 Å². The second-order valence-corrected chi connectivity index (χ2v) is 10.1. The first-order valence-corrected chi connectivity index (χ1v) is 13.0. The zero-order valence-corrected chi connectivity index (χ0v) is 21.0. The zero-order valence-electron chi connectivity index (χ0n) is 21.0. The zero-order chi connectivity index (χ0) is 24.6. The fraction of sp³-hybridized carbons (Fsp3) is 0.519. The van der Waals surface area contributed by atoms with Gasteiger partial charge in [0.1, 0.15) is 13.2 Å². The van der Waals surface area contributed by atoms with Crippen molar-refractivity contribution in [1.82, 2.24) is 24.6 Å². The van der Waals surface area contributed by atoms with E-state index in [2.05, 4.69) is 23.8 Å². The summed E-state index contributed by atoms with van der Waals surface area (Å²) in [5.74, 6) is 1.46. The van der Waals surface area contributed by atoms with Crippen LogP contribution < -0.4 is 9.47 Å². The molecule has 9 heteroatoms. The lowest BCUT2D eigenvalue weighted by molar-refractivity contribution is 0.0433. The van der Waals surface area contributed by atoms with Gasteiger partial charge in [-0.1, -0.05) is 0 Å². The van der Waals surface area contributed by atoms with Crippen LogP contribution >= 0.6 is 0 Å². The Labute approximate surface area is 210 Å². The van der Waals surface area contributed by atoms with Crippen LogP contribution in [0.1, 0.15) is 43.1 Å². The lowest BCUT2D eigenvalue weighted by Crippen LogP contribution is -2.50. The van der Waals surface area contributed by atoms with Gasteiger partial charge in [-0.2, -0.15) is 5.10 Å². The number of ether oxygens (including phenoxy) is 3. The van der Waals surface area contributed by atoms with Gasteiger partial charge >= 0.3 is 0 Å². The summed E-state index contributed by atoms with van der Waals surface area (Å²) in [6.07, 6.45) is 4.40. The molecule has 3 aromatic rings. The Kier molecular flexibility index (Phi) is 6.27. The molecule has 6 rings (SSSR count). The van der Waals surface area contributed by atoms with Crippen molar-refractivity contribution in [3.05, 3.63) is 36.0 Å². The number of carbonyl (C=O) groups is 1. The molecule has 3 aliphatic rings. The number of hydrogen-bond donors (Lipinski definition) is 0. The molecule has 0 saturated carbocycles. The molecule has 1 amide bonds. The fourth-order valence-electron chi connectivity index (χ4n) is 5.30. The summed E-state index contributed by atoms with van der Waals surface area (Å²) < 4.78 is 19.2. The van der Waals surface area contributed by atoms with Crippen LogP contribution in [0, 0.1) is 0 Å². The number of fused-ring (bicyclic) bond motifs is 2. The highest BCUT2D eigenvalue weighted by atomic mass is 16.6. The molecular weight excluding hydrogens is 458 g/mol. The molecule has 1 atom stereocenters. The normalized spacial score (nSPS) is 20.4. The first kappa shape index (κ1) is 23.2. The molecule has 2 fully saturated rings. The molecule has 0 bridgehead atoms. The molecule has 0 aliphatic carbocycles. The molecule has 2 aromatic heterocycles. The number of carbonyl (C=O) groups excluding carboxylic acids is 1. The van der Waals surface area contributed by atoms with Gasteiger partial charge in [0, 0.05) is 50.9 Å². The summed E-state index contributed by atoms with van der Waals surface area (Å²) >= 11 is 0. The number of nitrogens with zero attached hydrogens (tertiary/aromatic N) is 5. The van der Waals surface area contributed by atoms with E-state index in [1.807, 2.05) is 33.8 Å². The van der Waals surface area contributed by atoms with Crippen LogP contribution in [0.15, 0.2) is 30.5 Å². The van der Waals surface area contributed by atoms with Gasteiger partial charge in [-0.05, 0) is 51.0 Å². The molecule has 190 valence electrons. The number of piperazine rings is 1. The number of aromatic nitrogens is 3. The Bertz CT molecular complexity index is 1260. The third kappa shape index (κ3) is 4.41. The maximum Gasteiger partial charge on any atom is 0.254 e. The Hall–Kier alpha value is -3.17. The highest BCUT2D eigenvalue weighted by Crippen LogP contribution is 2.35. The molecule has 36 heavy (non-hydrogen) atoms. The Morgan fingerprint density at radius 1 is 1.06 bits per heavy atom. The average Bonchev–Trinajstić information content (AvgIpc) is 3.58. The predicted molar refractivity (Wildman–Crippen MR) is 136 cm³/mol. The van der Waals surface area contributed by atoms with Gasteiger partial charge in [-0.3, -0.25) is 9.69 Å². The number of pyridine rings is 1. The van der Waals surface area contributed by atoms with Gasteiger partial charge in [0.25, 0.3) is 5.91 Å². The van der Waals surface area contributed by atoms with E-state index < -0.39 is 0 Å². The molecule has 9 nitrogen and oxygen atoms in total. The third-order valence-electron chi connectivity index (χ3n) is 7.27. The van der Waals surface area contributed by atoms with E-state index in [4.69, 9.17) is 19.2 Å². The van der Waals surface area contributed by atoms with E-state index in [0.29, 0.717) is 43.7 Å². The van der Waals surface area contributed by atoms with Gasteiger partial charge in [-0.15, -0.1) is 0 Å². The molecule has 5 heterocycles. The summed E-state index contributed by atoms with van der Waals surface area (Å²) in [6, 6.07) is 7.84. The van der Waals surface area contributed by atoms with Crippen LogP contribution in [0.3, 0.4) is 0 Å². The van der Waals surface area contributed by atoms with Gasteiger partial charge in [0.05, 0.1) is 28.9 Å². The molecule has 1 unspecified atom stereocenters. The molecule has 0 N–H and O–H groups in total. The summed E-state index contributed by atoms with van der Waals surface area (Å²) in [6.45, 7) is 10.2. The summed E-state index contributed by atoms with van der Waals surface area (Å²) in [4.78, 5) is 23.2. The van der Waals surface area contributed by atoms with Gasteiger partial charge in [0.15, 0.2) is 17.1 Å². The largest absolute Gasteiger partial charge is 0.486 e. The van der Waals surface area contributed by atoms with Crippen LogP contribution in [-0.2, 0) is 4.74 Å². The van der Waals surface area contributed by atoms with Crippen molar-refractivity contribution >= 4 is 16.9 Å². The average molecular weight is 492 g/mol. The van der Waals surface area contributed by atoms with Crippen LogP contribution in [0.2, 0.25) is 0 Å². The number of hydrogen-bond acceptors (Lipinski definition) is 7. The summed E-state index contributed by atoms with van der Waals surface area (Å²) in [5, 5.41) is 5.36. The molecule has 1 aromatic carbocycles. The van der Waals surface area contributed by atoms with Crippen molar-refractivity contribution in [2.24, 2.45) is 0 Å². The highest BCUT2D eigenvalue weighted by molar-refractivity contribution is 6.06. The van der Waals surface area contributed by atoms with Crippen LogP contribution in [0.4, 0.5) is 0 Å². The molecule has 0 spiro atoms. The SMILES string of the molecule is CC(C)n1ncc2c(C(=O)N3CCN(CC4CCCO4)CC3)cc(-c3ccc4c(c3)OCCO4)nc21. The quantitative estimate of drug-likeness (QED) is 0.541.